The number of ether oxygens (including phenoxy) is 1. The van der Waals surface area contributed by atoms with Gasteiger partial charge in [-0.1, -0.05) is 75.2 Å². The number of nitrogens with one attached hydrogen (secondary N) is 2. The standard InChI is InChI=1S/C30H42ClN3O4/c1-9-18-34(28(36)25(19(3)10-2)33-29(37)38-30(6,7)8)26(22-16-12-11-14-20(22)4)27(35)32-24-21(5)15-13-17-23(24)31/h11-17,19,25-26H,9-10,18H2,1-8H3,(H,32,35)(H,33,37). The molecule has 2 rings (SSSR count). The Hall–Kier alpha value is -3.06. The van der Waals surface area contributed by atoms with Crippen molar-refractivity contribution in [3.63, 3.8) is 0 Å². The van der Waals surface area contributed by atoms with Gasteiger partial charge >= 0.3 is 6.09 Å². The topological polar surface area (TPSA) is 87.7 Å². The monoisotopic (exact) mass is 543 g/mol. The third kappa shape index (κ3) is 8.22. The molecule has 0 aliphatic rings. The number of aryl methyl sites for hydroxylation is 2. The second kappa shape index (κ2) is 13.7. The van der Waals surface area contributed by atoms with E-state index < -0.39 is 23.8 Å². The van der Waals surface area contributed by atoms with Crippen molar-refractivity contribution in [3.8, 4) is 0 Å². The summed E-state index contributed by atoms with van der Waals surface area (Å²) in [7, 11) is 0. The van der Waals surface area contributed by atoms with E-state index in [1.54, 1.807) is 31.7 Å². The average molecular weight is 544 g/mol. The Bertz CT molecular complexity index is 1110. The van der Waals surface area contributed by atoms with Gasteiger partial charge in [-0.3, -0.25) is 9.59 Å². The lowest BCUT2D eigenvalue weighted by Gasteiger charge is -2.36. The fourth-order valence-corrected chi connectivity index (χ4v) is 4.50. The van der Waals surface area contributed by atoms with Gasteiger partial charge in [-0.05, 0) is 69.7 Å². The van der Waals surface area contributed by atoms with Crippen LogP contribution in [-0.2, 0) is 14.3 Å². The van der Waals surface area contributed by atoms with Crippen LogP contribution in [0.5, 0.6) is 0 Å². The smallest absolute Gasteiger partial charge is 0.408 e. The van der Waals surface area contributed by atoms with Crippen LogP contribution in [0.25, 0.3) is 0 Å². The van der Waals surface area contributed by atoms with Crippen molar-refractivity contribution < 1.29 is 19.1 Å². The average Bonchev–Trinajstić information content (AvgIpc) is 2.83. The van der Waals surface area contributed by atoms with E-state index in [-0.39, 0.29) is 17.7 Å². The lowest BCUT2D eigenvalue weighted by Crippen LogP contribution is -2.55. The van der Waals surface area contributed by atoms with Gasteiger partial charge in [-0.15, -0.1) is 0 Å². The summed E-state index contributed by atoms with van der Waals surface area (Å²) in [6, 6.07) is 11.1. The van der Waals surface area contributed by atoms with Crippen LogP contribution in [0.3, 0.4) is 0 Å². The molecule has 0 spiro atoms. The second-order valence-electron chi connectivity index (χ2n) is 10.7. The van der Waals surface area contributed by atoms with E-state index in [0.29, 0.717) is 35.7 Å². The summed E-state index contributed by atoms with van der Waals surface area (Å²) >= 11 is 6.42. The summed E-state index contributed by atoms with van der Waals surface area (Å²) in [6.45, 7) is 15.2. The SMILES string of the molecule is CCCN(C(=O)C(NC(=O)OC(C)(C)C)C(C)CC)C(C(=O)Nc1c(C)cccc1Cl)c1ccccc1C. The summed E-state index contributed by atoms with van der Waals surface area (Å²) < 4.78 is 5.46. The lowest BCUT2D eigenvalue weighted by atomic mass is 9.94. The number of rotatable bonds is 10. The van der Waals surface area contributed by atoms with Crippen LogP contribution in [0.1, 0.15) is 77.1 Å². The number of halogens is 1. The largest absolute Gasteiger partial charge is 0.444 e. The number of benzene rings is 2. The summed E-state index contributed by atoms with van der Waals surface area (Å²) in [5.41, 5.74) is 2.18. The number of nitrogens with zero attached hydrogens (tertiary/aromatic N) is 1. The van der Waals surface area contributed by atoms with Gasteiger partial charge in [0, 0.05) is 6.54 Å². The molecule has 2 N–H and O–H groups in total. The first-order valence-electron chi connectivity index (χ1n) is 13.2. The molecule has 0 fully saturated rings. The van der Waals surface area contributed by atoms with Gasteiger partial charge in [0.1, 0.15) is 17.7 Å². The molecule has 3 unspecified atom stereocenters. The van der Waals surface area contributed by atoms with Crippen LogP contribution in [0.15, 0.2) is 42.5 Å². The minimum Gasteiger partial charge on any atom is -0.444 e. The van der Waals surface area contributed by atoms with Gasteiger partial charge < -0.3 is 20.3 Å². The maximum absolute atomic E-state index is 14.2. The molecule has 0 radical (unpaired) electrons. The van der Waals surface area contributed by atoms with Crippen LogP contribution in [0, 0.1) is 19.8 Å². The molecule has 0 aliphatic heterocycles. The zero-order valence-electron chi connectivity index (χ0n) is 23.9. The Morgan fingerprint density at radius 3 is 2.18 bits per heavy atom. The lowest BCUT2D eigenvalue weighted by molar-refractivity contribution is -0.142. The molecule has 38 heavy (non-hydrogen) atoms. The van der Waals surface area contributed by atoms with Crippen molar-refractivity contribution in [3.05, 3.63) is 64.2 Å². The minimum atomic E-state index is -0.939. The summed E-state index contributed by atoms with van der Waals surface area (Å²) in [6.07, 6.45) is 0.592. The van der Waals surface area contributed by atoms with E-state index in [2.05, 4.69) is 10.6 Å². The molecule has 0 saturated heterocycles. The number of hydrogen-bond donors (Lipinski definition) is 2. The van der Waals surface area contributed by atoms with E-state index in [1.165, 1.54) is 0 Å². The van der Waals surface area contributed by atoms with Gasteiger partial charge in [0.25, 0.3) is 5.91 Å². The molecular formula is C30H42ClN3O4. The summed E-state index contributed by atoms with van der Waals surface area (Å²) in [4.78, 5) is 42.5. The van der Waals surface area contributed by atoms with Crippen molar-refractivity contribution in [2.75, 3.05) is 11.9 Å². The van der Waals surface area contributed by atoms with Crippen molar-refractivity contribution in [2.24, 2.45) is 5.92 Å². The van der Waals surface area contributed by atoms with Gasteiger partial charge in [-0.25, -0.2) is 4.79 Å². The minimum absolute atomic E-state index is 0.194. The maximum Gasteiger partial charge on any atom is 0.408 e. The molecule has 0 aromatic heterocycles. The molecule has 0 saturated carbocycles. The van der Waals surface area contributed by atoms with Crippen molar-refractivity contribution >= 4 is 35.2 Å². The fraction of sp³-hybridized carbons (Fsp3) is 0.500. The highest BCUT2D eigenvalue weighted by atomic mass is 35.5. The summed E-state index contributed by atoms with van der Waals surface area (Å²) in [5.74, 6) is -0.912. The van der Waals surface area contributed by atoms with Gasteiger partial charge in [0.15, 0.2) is 0 Å². The first-order chi connectivity index (χ1) is 17.8. The van der Waals surface area contributed by atoms with Crippen LogP contribution in [0.4, 0.5) is 10.5 Å². The number of carbonyl (C=O) groups is 3. The Kier molecular flexibility index (Phi) is 11.2. The van der Waals surface area contributed by atoms with E-state index in [0.717, 1.165) is 11.1 Å². The summed E-state index contributed by atoms with van der Waals surface area (Å²) in [5, 5.41) is 6.18. The third-order valence-corrected chi connectivity index (χ3v) is 6.73. The van der Waals surface area contributed by atoms with Gasteiger partial charge in [0.2, 0.25) is 5.91 Å². The number of anilines is 1. The predicted molar refractivity (Wildman–Crippen MR) is 153 cm³/mol. The molecule has 3 atom stereocenters. The second-order valence-corrected chi connectivity index (χ2v) is 11.1. The molecule has 8 heteroatoms. The molecular weight excluding hydrogens is 502 g/mol. The number of amides is 3. The van der Waals surface area contributed by atoms with Crippen LogP contribution in [0.2, 0.25) is 5.02 Å². The highest BCUT2D eigenvalue weighted by Gasteiger charge is 2.38. The molecule has 208 valence electrons. The molecule has 7 nitrogen and oxygen atoms in total. The van der Waals surface area contributed by atoms with Crippen LogP contribution in [-0.4, -0.2) is 41.0 Å². The number of alkyl carbamates (subject to hydrolysis) is 1. The quantitative estimate of drug-likeness (QED) is 0.344. The van der Waals surface area contributed by atoms with Crippen LogP contribution < -0.4 is 10.6 Å². The zero-order chi connectivity index (χ0) is 28.6. The van der Waals surface area contributed by atoms with E-state index in [9.17, 15) is 14.4 Å². The zero-order valence-corrected chi connectivity index (χ0v) is 24.6. The van der Waals surface area contributed by atoms with E-state index in [1.807, 2.05) is 71.0 Å². The first-order valence-corrected chi connectivity index (χ1v) is 13.6. The predicted octanol–water partition coefficient (Wildman–Crippen LogP) is 6.81. The number of para-hydroxylation sites is 1. The van der Waals surface area contributed by atoms with Gasteiger partial charge in [0.05, 0.1) is 10.7 Å². The Balaban J connectivity index is 2.57. The molecule has 0 aliphatic carbocycles. The Morgan fingerprint density at radius 2 is 1.63 bits per heavy atom. The third-order valence-electron chi connectivity index (χ3n) is 6.41. The van der Waals surface area contributed by atoms with Crippen molar-refractivity contribution in [2.45, 2.75) is 85.9 Å². The Labute approximate surface area is 232 Å². The molecule has 0 bridgehead atoms. The highest BCUT2D eigenvalue weighted by molar-refractivity contribution is 6.34. The van der Waals surface area contributed by atoms with Crippen LogP contribution >= 0.6 is 11.6 Å². The Morgan fingerprint density at radius 1 is 1.00 bits per heavy atom. The molecule has 0 heterocycles. The van der Waals surface area contributed by atoms with Crippen molar-refractivity contribution in [1.29, 1.82) is 0 Å². The molecule has 2 aromatic carbocycles. The fourth-order valence-electron chi connectivity index (χ4n) is 4.23. The van der Waals surface area contributed by atoms with E-state index >= 15 is 0 Å². The normalized spacial score (nSPS) is 13.7. The van der Waals surface area contributed by atoms with E-state index in [4.69, 9.17) is 16.3 Å². The van der Waals surface area contributed by atoms with Gasteiger partial charge in [-0.2, -0.15) is 0 Å². The van der Waals surface area contributed by atoms with Crippen molar-refractivity contribution in [1.82, 2.24) is 10.2 Å². The number of carbonyl (C=O) groups excluding carboxylic acids is 3. The first kappa shape index (κ1) is 31.2. The number of hydrogen-bond acceptors (Lipinski definition) is 4. The maximum atomic E-state index is 14.2. The molecule has 3 amide bonds. The highest BCUT2D eigenvalue weighted by Crippen LogP contribution is 2.31. The molecule has 2 aromatic rings.